The molecule has 10 heteroatoms. The maximum Gasteiger partial charge on any atom is 0.490 e. The van der Waals surface area contributed by atoms with Gasteiger partial charge in [-0.2, -0.15) is 13.2 Å². The molecule has 184 valence electrons. The standard InChI is InChI=1S/C23H23FN4.C2HF3O2/c1-25-12-13-26-15-16-2-4-17(5-3-16)18-6-8-19(9-7-18)23-27-21-11-10-20(24)14-22(21)28-23;3-2(4,5)1(6)7/h2-11,14,25-26H,12-13,15H2,1H3,(H,27,28);(H,6,7). The van der Waals surface area contributed by atoms with Crippen LogP contribution in [-0.4, -0.2) is 47.4 Å². The number of hydrogen-bond donors (Lipinski definition) is 4. The van der Waals surface area contributed by atoms with Gasteiger partial charge in [0.2, 0.25) is 0 Å². The van der Waals surface area contributed by atoms with Gasteiger partial charge in [0.25, 0.3) is 0 Å². The molecule has 0 amide bonds. The normalized spacial score (nSPS) is 11.2. The van der Waals surface area contributed by atoms with Crippen molar-refractivity contribution in [2.24, 2.45) is 0 Å². The lowest BCUT2D eigenvalue weighted by Crippen LogP contribution is -2.24. The smallest absolute Gasteiger partial charge is 0.475 e. The van der Waals surface area contributed by atoms with E-state index < -0.39 is 12.1 Å². The highest BCUT2D eigenvalue weighted by Gasteiger charge is 2.38. The lowest BCUT2D eigenvalue weighted by molar-refractivity contribution is -0.192. The maximum absolute atomic E-state index is 13.4. The van der Waals surface area contributed by atoms with Crippen LogP contribution in [0.25, 0.3) is 33.5 Å². The van der Waals surface area contributed by atoms with Gasteiger partial charge in [-0.1, -0.05) is 48.5 Å². The molecule has 0 saturated carbocycles. The summed E-state index contributed by atoms with van der Waals surface area (Å²) in [7, 11) is 1.95. The number of likely N-dealkylation sites (N-methyl/N-ethyl adjacent to an activating group) is 1. The van der Waals surface area contributed by atoms with Crippen LogP contribution in [-0.2, 0) is 11.3 Å². The maximum atomic E-state index is 13.4. The van der Waals surface area contributed by atoms with Crippen LogP contribution >= 0.6 is 0 Å². The summed E-state index contributed by atoms with van der Waals surface area (Å²) in [6.45, 7) is 2.78. The lowest BCUT2D eigenvalue weighted by atomic mass is 10.0. The van der Waals surface area contributed by atoms with E-state index in [9.17, 15) is 17.6 Å². The first-order chi connectivity index (χ1) is 16.7. The van der Waals surface area contributed by atoms with E-state index in [0.717, 1.165) is 42.1 Å². The topological polar surface area (TPSA) is 90.0 Å². The molecule has 4 rings (SSSR count). The molecule has 35 heavy (non-hydrogen) atoms. The number of carboxylic acid groups (broad SMARTS) is 1. The van der Waals surface area contributed by atoms with Crippen molar-refractivity contribution in [3.05, 3.63) is 78.1 Å². The van der Waals surface area contributed by atoms with Crippen LogP contribution in [0.15, 0.2) is 66.7 Å². The van der Waals surface area contributed by atoms with Gasteiger partial charge in [0.05, 0.1) is 11.0 Å². The van der Waals surface area contributed by atoms with Crippen LogP contribution < -0.4 is 10.6 Å². The summed E-state index contributed by atoms with van der Waals surface area (Å²) in [4.78, 5) is 16.6. The van der Waals surface area contributed by atoms with Gasteiger partial charge in [0.1, 0.15) is 11.6 Å². The zero-order valence-corrected chi connectivity index (χ0v) is 18.8. The van der Waals surface area contributed by atoms with Gasteiger partial charge >= 0.3 is 12.1 Å². The predicted molar refractivity (Wildman–Crippen MR) is 126 cm³/mol. The van der Waals surface area contributed by atoms with Crippen molar-refractivity contribution >= 4 is 17.0 Å². The summed E-state index contributed by atoms with van der Waals surface area (Å²) in [5.41, 5.74) is 6.05. The molecular weight excluding hydrogens is 464 g/mol. The summed E-state index contributed by atoms with van der Waals surface area (Å²) >= 11 is 0. The molecule has 0 aliphatic carbocycles. The number of alkyl halides is 3. The molecule has 0 aliphatic rings. The Labute approximate surface area is 199 Å². The van der Waals surface area contributed by atoms with E-state index in [-0.39, 0.29) is 5.82 Å². The van der Waals surface area contributed by atoms with Gasteiger partial charge in [-0.25, -0.2) is 14.2 Å². The van der Waals surface area contributed by atoms with E-state index in [2.05, 4.69) is 57.0 Å². The van der Waals surface area contributed by atoms with E-state index >= 15 is 0 Å². The zero-order valence-electron chi connectivity index (χ0n) is 18.8. The van der Waals surface area contributed by atoms with E-state index in [1.807, 2.05) is 19.2 Å². The number of aromatic nitrogens is 2. The number of benzene rings is 3. The first-order valence-electron chi connectivity index (χ1n) is 10.7. The minimum Gasteiger partial charge on any atom is -0.475 e. The van der Waals surface area contributed by atoms with Crippen molar-refractivity contribution < 1.29 is 27.5 Å². The van der Waals surface area contributed by atoms with E-state index in [0.29, 0.717) is 5.52 Å². The number of rotatable bonds is 7. The lowest BCUT2D eigenvalue weighted by Gasteiger charge is -2.07. The molecule has 3 aromatic carbocycles. The number of fused-ring (bicyclic) bond motifs is 1. The molecule has 0 bridgehead atoms. The van der Waals surface area contributed by atoms with Gasteiger partial charge in [-0.3, -0.25) is 0 Å². The van der Waals surface area contributed by atoms with Crippen molar-refractivity contribution in [2.75, 3.05) is 20.1 Å². The molecule has 4 aromatic rings. The molecule has 0 fully saturated rings. The number of aliphatic carboxylic acids is 1. The fourth-order valence-corrected chi connectivity index (χ4v) is 3.20. The number of carbonyl (C=O) groups is 1. The van der Waals surface area contributed by atoms with Crippen LogP contribution in [0.5, 0.6) is 0 Å². The molecule has 1 aromatic heterocycles. The first-order valence-corrected chi connectivity index (χ1v) is 10.7. The Balaban J connectivity index is 0.000000429. The molecule has 0 atom stereocenters. The van der Waals surface area contributed by atoms with Crippen LogP contribution in [0.3, 0.4) is 0 Å². The summed E-state index contributed by atoms with van der Waals surface area (Å²) in [6, 6.07) is 21.4. The van der Waals surface area contributed by atoms with Crippen molar-refractivity contribution in [1.29, 1.82) is 0 Å². The second-order valence-electron chi connectivity index (χ2n) is 7.60. The van der Waals surface area contributed by atoms with Gasteiger partial charge in [-0.05, 0) is 41.9 Å². The minimum atomic E-state index is -5.08. The van der Waals surface area contributed by atoms with Crippen LogP contribution in [0, 0.1) is 5.82 Å². The van der Waals surface area contributed by atoms with Gasteiger partial charge in [0, 0.05) is 25.2 Å². The summed E-state index contributed by atoms with van der Waals surface area (Å²) in [6.07, 6.45) is -5.08. The molecule has 0 unspecified atom stereocenters. The third kappa shape index (κ3) is 7.36. The summed E-state index contributed by atoms with van der Waals surface area (Å²) in [5, 5.41) is 13.7. The fourth-order valence-electron chi connectivity index (χ4n) is 3.20. The molecule has 4 N–H and O–H groups in total. The number of H-pyrrole nitrogens is 1. The Morgan fingerprint density at radius 2 is 1.51 bits per heavy atom. The van der Waals surface area contributed by atoms with Gasteiger partial charge in [0.15, 0.2) is 0 Å². The highest BCUT2D eigenvalue weighted by Crippen LogP contribution is 2.25. The van der Waals surface area contributed by atoms with Gasteiger partial charge in [-0.15, -0.1) is 0 Å². The number of halogens is 4. The van der Waals surface area contributed by atoms with Crippen molar-refractivity contribution in [2.45, 2.75) is 12.7 Å². The number of nitrogens with one attached hydrogen (secondary N) is 3. The van der Waals surface area contributed by atoms with E-state index in [1.165, 1.54) is 23.3 Å². The largest absolute Gasteiger partial charge is 0.490 e. The SMILES string of the molecule is CNCCNCc1ccc(-c2ccc(-c3nc4ccc(F)cc4[nH]3)cc2)cc1.O=C(O)C(F)(F)F. The van der Waals surface area contributed by atoms with E-state index in [1.54, 1.807) is 6.07 Å². The van der Waals surface area contributed by atoms with E-state index in [4.69, 9.17) is 9.90 Å². The second-order valence-corrected chi connectivity index (χ2v) is 7.60. The number of nitrogens with zero attached hydrogens (tertiary/aromatic N) is 1. The Morgan fingerprint density at radius 3 is 2.09 bits per heavy atom. The average Bonchev–Trinajstić information content (AvgIpc) is 3.25. The number of aromatic amines is 1. The fraction of sp³-hybridized carbons (Fsp3) is 0.200. The Bertz CT molecular complexity index is 1250. The zero-order chi connectivity index (χ0) is 25.4. The quantitative estimate of drug-likeness (QED) is 0.218. The molecular formula is C25H24F4N4O2. The summed E-state index contributed by atoms with van der Waals surface area (Å²) < 4.78 is 45.1. The summed E-state index contributed by atoms with van der Waals surface area (Å²) in [5.74, 6) is -2.28. The van der Waals surface area contributed by atoms with Crippen LogP contribution in [0.4, 0.5) is 17.6 Å². The number of carboxylic acids is 1. The minimum absolute atomic E-state index is 0.265. The Hall–Kier alpha value is -3.76. The average molecular weight is 488 g/mol. The molecule has 0 spiro atoms. The first kappa shape index (κ1) is 25.9. The van der Waals surface area contributed by atoms with Crippen molar-refractivity contribution in [3.8, 4) is 22.5 Å². The Kier molecular flexibility index (Phi) is 8.56. The molecule has 6 nitrogen and oxygen atoms in total. The highest BCUT2D eigenvalue weighted by atomic mass is 19.4. The predicted octanol–water partition coefficient (Wildman–Crippen LogP) is 4.98. The third-order valence-corrected chi connectivity index (χ3v) is 5.01. The molecule has 0 saturated heterocycles. The Morgan fingerprint density at radius 1 is 0.943 bits per heavy atom. The highest BCUT2D eigenvalue weighted by molar-refractivity contribution is 5.80. The van der Waals surface area contributed by atoms with Crippen LogP contribution in [0.1, 0.15) is 5.56 Å². The van der Waals surface area contributed by atoms with Crippen molar-refractivity contribution in [3.63, 3.8) is 0 Å². The van der Waals surface area contributed by atoms with Crippen LogP contribution in [0.2, 0.25) is 0 Å². The number of hydrogen-bond acceptors (Lipinski definition) is 4. The number of imidazole rings is 1. The van der Waals surface area contributed by atoms with Gasteiger partial charge < -0.3 is 20.7 Å². The molecule has 1 heterocycles. The molecule has 0 aliphatic heterocycles. The second kappa shape index (κ2) is 11.6. The third-order valence-electron chi connectivity index (χ3n) is 5.01. The van der Waals surface area contributed by atoms with Crippen molar-refractivity contribution in [1.82, 2.24) is 20.6 Å². The molecule has 0 radical (unpaired) electrons. The monoisotopic (exact) mass is 488 g/mol.